The Morgan fingerprint density at radius 2 is 2.09 bits per heavy atom. The standard InChI is InChI=1S/C7H13NO3/c1-8(2)6(7(10)11)4-3-5-9/h4,9H,3,5H2,1-2H3,(H,10,11)/b6-4+. The molecule has 0 aromatic rings. The summed E-state index contributed by atoms with van der Waals surface area (Å²) in [5.41, 5.74) is 0.207. The Bertz CT molecular complexity index is 163. The number of hydrogen-bond donors (Lipinski definition) is 2. The molecule has 0 bridgehead atoms. The third-order valence-corrected chi connectivity index (χ3v) is 1.17. The number of aliphatic hydroxyl groups is 1. The molecular weight excluding hydrogens is 146 g/mol. The molecule has 0 aromatic heterocycles. The van der Waals surface area contributed by atoms with Gasteiger partial charge in [-0.25, -0.2) is 4.79 Å². The van der Waals surface area contributed by atoms with Gasteiger partial charge in [0, 0.05) is 20.7 Å². The van der Waals surface area contributed by atoms with E-state index in [0.29, 0.717) is 6.42 Å². The van der Waals surface area contributed by atoms with Gasteiger partial charge < -0.3 is 15.1 Å². The van der Waals surface area contributed by atoms with E-state index in [-0.39, 0.29) is 12.3 Å². The van der Waals surface area contributed by atoms with Crippen LogP contribution in [0.1, 0.15) is 6.42 Å². The van der Waals surface area contributed by atoms with E-state index < -0.39 is 5.97 Å². The molecule has 0 amide bonds. The van der Waals surface area contributed by atoms with Crippen LogP contribution in [0, 0.1) is 0 Å². The second kappa shape index (κ2) is 4.73. The maximum absolute atomic E-state index is 10.5. The van der Waals surface area contributed by atoms with Gasteiger partial charge in [-0.3, -0.25) is 0 Å². The van der Waals surface area contributed by atoms with Gasteiger partial charge in [-0.2, -0.15) is 0 Å². The van der Waals surface area contributed by atoms with Gasteiger partial charge in [0.1, 0.15) is 5.70 Å². The van der Waals surface area contributed by atoms with E-state index in [4.69, 9.17) is 10.2 Å². The van der Waals surface area contributed by atoms with Gasteiger partial charge in [-0.05, 0) is 6.42 Å². The predicted octanol–water partition coefficient (Wildman–Crippen LogP) is -0.101. The zero-order valence-electron chi connectivity index (χ0n) is 6.74. The van der Waals surface area contributed by atoms with E-state index in [1.807, 2.05) is 0 Å². The summed E-state index contributed by atoms with van der Waals surface area (Å²) in [6, 6.07) is 0. The van der Waals surface area contributed by atoms with Crippen LogP contribution < -0.4 is 0 Å². The van der Waals surface area contributed by atoms with Crippen LogP contribution >= 0.6 is 0 Å². The first-order chi connectivity index (χ1) is 5.09. The maximum Gasteiger partial charge on any atom is 0.351 e. The van der Waals surface area contributed by atoms with Crippen LogP contribution in [-0.2, 0) is 4.79 Å². The molecule has 0 heterocycles. The highest BCUT2D eigenvalue weighted by atomic mass is 16.4. The fourth-order valence-electron chi connectivity index (χ4n) is 0.662. The summed E-state index contributed by atoms with van der Waals surface area (Å²) in [5, 5.41) is 17.0. The lowest BCUT2D eigenvalue weighted by atomic mass is 10.3. The number of hydrogen-bond acceptors (Lipinski definition) is 3. The SMILES string of the molecule is CN(C)/C(=C/CCO)C(=O)O. The van der Waals surface area contributed by atoms with E-state index in [1.165, 1.54) is 11.0 Å². The van der Waals surface area contributed by atoms with Crippen molar-refractivity contribution in [1.82, 2.24) is 4.90 Å². The van der Waals surface area contributed by atoms with Crippen molar-refractivity contribution >= 4 is 5.97 Å². The molecule has 0 rings (SSSR count). The van der Waals surface area contributed by atoms with Crippen LogP contribution in [0.3, 0.4) is 0 Å². The first kappa shape index (κ1) is 9.97. The Labute approximate surface area is 65.7 Å². The molecule has 0 saturated heterocycles. The smallest absolute Gasteiger partial charge is 0.351 e. The highest BCUT2D eigenvalue weighted by molar-refractivity contribution is 5.85. The molecular formula is C7H13NO3. The molecule has 0 unspecified atom stereocenters. The van der Waals surface area contributed by atoms with Crippen LogP contribution in [0.2, 0.25) is 0 Å². The average molecular weight is 159 g/mol. The van der Waals surface area contributed by atoms with E-state index in [9.17, 15) is 4.79 Å². The minimum absolute atomic E-state index is 0.0232. The molecule has 2 N–H and O–H groups in total. The summed E-state index contributed by atoms with van der Waals surface area (Å²) in [4.78, 5) is 12.0. The van der Waals surface area contributed by atoms with Gasteiger partial charge in [-0.1, -0.05) is 6.08 Å². The van der Waals surface area contributed by atoms with E-state index in [1.54, 1.807) is 14.1 Å². The van der Waals surface area contributed by atoms with Crippen molar-refractivity contribution in [3.63, 3.8) is 0 Å². The molecule has 4 nitrogen and oxygen atoms in total. The predicted molar refractivity (Wildman–Crippen MR) is 41.1 cm³/mol. The van der Waals surface area contributed by atoms with Crippen molar-refractivity contribution in [3.05, 3.63) is 11.8 Å². The summed E-state index contributed by atoms with van der Waals surface area (Å²) in [7, 11) is 3.30. The second-order valence-electron chi connectivity index (χ2n) is 2.30. The third-order valence-electron chi connectivity index (χ3n) is 1.17. The van der Waals surface area contributed by atoms with Crippen molar-refractivity contribution in [2.24, 2.45) is 0 Å². The largest absolute Gasteiger partial charge is 0.477 e. The highest BCUT2D eigenvalue weighted by Crippen LogP contribution is 1.99. The number of carbonyl (C=O) groups is 1. The second-order valence-corrected chi connectivity index (χ2v) is 2.30. The van der Waals surface area contributed by atoms with Crippen molar-refractivity contribution < 1.29 is 15.0 Å². The number of nitrogens with zero attached hydrogens (tertiary/aromatic N) is 1. The lowest BCUT2D eigenvalue weighted by Gasteiger charge is -2.12. The maximum atomic E-state index is 10.5. The minimum Gasteiger partial charge on any atom is -0.477 e. The number of rotatable bonds is 4. The Balaban J connectivity index is 4.21. The lowest BCUT2D eigenvalue weighted by Crippen LogP contribution is -2.18. The Hall–Kier alpha value is -1.03. The lowest BCUT2D eigenvalue weighted by molar-refractivity contribution is -0.134. The van der Waals surface area contributed by atoms with Gasteiger partial charge in [-0.15, -0.1) is 0 Å². The molecule has 64 valence electrons. The fourth-order valence-corrected chi connectivity index (χ4v) is 0.662. The molecule has 11 heavy (non-hydrogen) atoms. The number of aliphatic hydroxyl groups excluding tert-OH is 1. The van der Waals surface area contributed by atoms with Crippen molar-refractivity contribution in [3.8, 4) is 0 Å². The van der Waals surface area contributed by atoms with Crippen molar-refractivity contribution in [1.29, 1.82) is 0 Å². The van der Waals surface area contributed by atoms with E-state index in [2.05, 4.69) is 0 Å². The first-order valence-electron chi connectivity index (χ1n) is 3.31. The number of carboxylic acids is 1. The van der Waals surface area contributed by atoms with Crippen LogP contribution in [0.25, 0.3) is 0 Å². The van der Waals surface area contributed by atoms with Crippen LogP contribution in [0.4, 0.5) is 0 Å². The van der Waals surface area contributed by atoms with Gasteiger partial charge in [0.25, 0.3) is 0 Å². The molecule has 0 radical (unpaired) electrons. The summed E-state index contributed by atoms with van der Waals surface area (Å²) in [5.74, 6) is -0.969. The Morgan fingerprint density at radius 1 is 1.55 bits per heavy atom. The van der Waals surface area contributed by atoms with Crippen LogP contribution in [0.5, 0.6) is 0 Å². The van der Waals surface area contributed by atoms with Crippen LogP contribution in [-0.4, -0.2) is 41.8 Å². The molecule has 0 aliphatic carbocycles. The minimum atomic E-state index is -0.969. The van der Waals surface area contributed by atoms with Crippen molar-refractivity contribution in [2.45, 2.75) is 6.42 Å². The Kier molecular flexibility index (Phi) is 4.29. The highest BCUT2D eigenvalue weighted by Gasteiger charge is 2.07. The normalized spacial score (nSPS) is 11.4. The summed E-state index contributed by atoms with van der Waals surface area (Å²) >= 11 is 0. The molecule has 0 aliphatic heterocycles. The third kappa shape index (κ3) is 3.62. The van der Waals surface area contributed by atoms with Gasteiger partial charge in [0.05, 0.1) is 0 Å². The molecule has 0 saturated carbocycles. The van der Waals surface area contributed by atoms with E-state index >= 15 is 0 Å². The average Bonchev–Trinajstić information content (AvgIpc) is 1.87. The van der Waals surface area contributed by atoms with Crippen molar-refractivity contribution in [2.75, 3.05) is 20.7 Å². The summed E-state index contributed by atoms with van der Waals surface area (Å²) < 4.78 is 0. The molecule has 4 heteroatoms. The number of carboxylic acid groups (broad SMARTS) is 1. The number of aliphatic carboxylic acids is 1. The Morgan fingerprint density at radius 3 is 2.36 bits per heavy atom. The summed E-state index contributed by atoms with van der Waals surface area (Å²) in [6.45, 7) is -0.0232. The molecule has 0 fully saturated rings. The molecule has 0 aromatic carbocycles. The molecule has 0 atom stereocenters. The van der Waals surface area contributed by atoms with E-state index in [0.717, 1.165) is 0 Å². The molecule has 0 aliphatic rings. The quantitative estimate of drug-likeness (QED) is 0.562. The summed E-state index contributed by atoms with van der Waals surface area (Å²) in [6.07, 6.45) is 1.86. The monoisotopic (exact) mass is 159 g/mol. The van der Waals surface area contributed by atoms with Gasteiger partial charge >= 0.3 is 5.97 Å². The van der Waals surface area contributed by atoms with Crippen LogP contribution in [0.15, 0.2) is 11.8 Å². The van der Waals surface area contributed by atoms with Gasteiger partial charge in [0.15, 0.2) is 0 Å². The first-order valence-corrected chi connectivity index (χ1v) is 3.31. The topological polar surface area (TPSA) is 60.8 Å². The fraction of sp³-hybridized carbons (Fsp3) is 0.571. The van der Waals surface area contributed by atoms with Gasteiger partial charge in [0.2, 0.25) is 0 Å². The zero-order valence-corrected chi connectivity index (χ0v) is 6.74. The molecule has 0 spiro atoms. The zero-order chi connectivity index (χ0) is 8.85. The number of likely N-dealkylation sites (N-methyl/N-ethyl adjacent to an activating group) is 1.